The SMILES string of the molecule is Cc1cc(Nc2nc(Cl)nc(Cl)c2[N+](=O)[O-])sn1. The first-order valence-electron chi connectivity index (χ1n) is 4.55. The standard InChI is InChI=1S/C8H5Cl2N5O2S/c1-3-2-4(18-14-3)11-7-5(15(16)17)6(9)12-8(10)13-7/h2H,1H3,(H,11,12,13). The molecule has 2 aromatic heterocycles. The second kappa shape index (κ2) is 5.01. The molecule has 0 aliphatic rings. The van der Waals surface area contributed by atoms with Gasteiger partial charge in [0.05, 0.1) is 10.6 Å². The third kappa shape index (κ3) is 2.66. The predicted molar refractivity (Wildman–Crippen MR) is 68.8 cm³/mol. The highest BCUT2D eigenvalue weighted by Crippen LogP contribution is 2.33. The van der Waals surface area contributed by atoms with Gasteiger partial charge < -0.3 is 5.32 Å². The highest BCUT2D eigenvalue weighted by atomic mass is 35.5. The van der Waals surface area contributed by atoms with Gasteiger partial charge in [-0.1, -0.05) is 11.6 Å². The van der Waals surface area contributed by atoms with Crippen LogP contribution in [0, 0.1) is 17.0 Å². The summed E-state index contributed by atoms with van der Waals surface area (Å²) in [6.45, 7) is 1.80. The van der Waals surface area contributed by atoms with Gasteiger partial charge in [0, 0.05) is 0 Å². The van der Waals surface area contributed by atoms with Crippen LogP contribution in [0.15, 0.2) is 6.07 Å². The molecular weight excluding hydrogens is 301 g/mol. The van der Waals surface area contributed by atoms with Gasteiger partial charge in [0.1, 0.15) is 5.00 Å². The second-order valence-electron chi connectivity index (χ2n) is 3.20. The highest BCUT2D eigenvalue weighted by Gasteiger charge is 2.23. The summed E-state index contributed by atoms with van der Waals surface area (Å²) < 4.78 is 4.03. The summed E-state index contributed by atoms with van der Waals surface area (Å²) in [4.78, 5) is 17.5. The van der Waals surface area contributed by atoms with Crippen LogP contribution in [-0.4, -0.2) is 19.3 Å². The molecule has 0 aliphatic heterocycles. The Balaban J connectivity index is 2.45. The molecule has 2 heterocycles. The van der Waals surface area contributed by atoms with Crippen LogP contribution in [0.4, 0.5) is 16.5 Å². The summed E-state index contributed by atoms with van der Waals surface area (Å²) in [5.74, 6) is -0.0614. The predicted octanol–water partition coefficient (Wildman–Crippen LogP) is 3.20. The van der Waals surface area contributed by atoms with Gasteiger partial charge in [-0.3, -0.25) is 10.1 Å². The van der Waals surface area contributed by atoms with Gasteiger partial charge in [0.2, 0.25) is 16.3 Å². The van der Waals surface area contributed by atoms with E-state index in [9.17, 15) is 10.1 Å². The molecule has 94 valence electrons. The van der Waals surface area contributed by atoms with Crippen LogP contribution in [0.2, 0.25) is 10.4 Å². The van der Waals surface area contributed by atoms with Crippen LogP contribution >= 0.6 is 34.7 Å². The average Bonchev–Trinajstić information content (AvgIpc) is 2.62. The first-order valence-corrected chi connectivity index (χ1v) is 6.08. The Morgan fingerprint density at radius 3 is 2.72 bits per heavy atom. The average molecular weight is 306 g/mol. The number of nitrogens with zero attached hydrogens (tertiary/aromatic N) is 4. The van der Waals surface area contributed by atoms with Crippen molar-refractivity contribution in [1.82, 2.24) is 14.3 Å². The fourth-order valence-corrected chi connectivity index (χ4v) is 2.30. The van der Waals surface area contributed by atoms with E-state index >= 15 is 0 Å². The molecule has 0 atom stereocenters. The monoisotopic (exact) mass is 305 g/mol. The molecule has 0 saturated carbocycles. The zero-order valence-corrected chi connectivity index (χ0v) is 11.2. The number of nitro groups is 1. The van der Waals surface area contributed by atoms with E-state index in [4.69, 9.17) is 23.2 Å². The molecule has 0 bridgehead atoms. The zero-order chi connectivity index (χ0) is 13.3. The summed E-state index contributed by atoms with van der Waals surface area (Å²) in [5.41, 5.74) is 0.364. The number of anilines is 2. The van der Waals surface area contributed by atoms with Crippen molar-refractivity contribution in [3.05, 3.63) is 32.3 Å². The molecule has 0 saturated heterocycles. The number of halogens is 2. The van der Waals surface area contributed by atoms with E-state index < -0.39 is 10.6 Å². The number of aryl methyl sites for hydroxylation is 1. The van der Waals surface area contributed by atoms with Crippen molar-refractivity contribution >= 4 is 51.2 Å². The summed E-state index contributed by atoms with van der Waals surface area (Å²) in [6, 6.07) is 1.72. The Morgan fingerprint density at radius 1 is 1.44 bits per heavy atom. The molecule has 0 radical (unpaired) electrons. The maximum Gasteiger partial charge on any atom is 0.348 e. The van der Waals surface area contributed by atoms with E-state index in [2.05, 4.69) is 19.7 Å². The maximum atomic E-state index is 10.9. The van der Waals surface area contributed by atoms with Crippen LogP contribution < -0.4 is 5.32 Å². The molecule has 7 nitrogen and oxygen atoms in total. The van der Waals surface area contributed by atoms with Crippen molar-refractivity contribution in [1.29, 1.82) is 0 Å². The molecular formula is C8H5Cl2N5O2S. The second-order valence-corrected chi connectivity index (χ2v) is 4.70. The molecule has 2 rings (SSSR count). The first kappa shape index (κ1) is 12.9. The van der Waals surface area contributed by atoms with E-state index in [1.807, 2.05) is 0 Å². The maximum absolute atomic E-state index is 10.9. The Hall–Kier alpha value is -1.51. The summed E-state index contributed by atoms with van der Waals surface area (Å²) in [5, 5.41) is 13.8. The Bertz CT molecular complexity index is 618. The molecule has 0 fully saturated rings. The zero-order valence-electron chi connectivity index (χ0n) is 8.85. The lowest BCUT2D eigenvalue weighted by molar-refractivity contribution is -0.384. The molecule has 0 aromatic carbocycles. The van der Waals surface area contributed by atoms with Gasteiger partial charge in [0.25, 0.3) is 0 Å². The van der Waals surface area contributed by atoms with Crippen LogP contribution in [0.1, 0.15) is 5.69 Å². The normalized spacial score (nSPS) is 10.4. The topological polar surface area (TPSA) is 93.8 Å². The summed E-state index contributed by atoms with van der Waals surface area (Å²) in [6.07, 6.45) is 0. The summed E-state index contributed by atoms with van der Waals surface area (Å²) in [7, 11) is 0. The van der Waals surface area contributed by atoms with E-state index in [0.717, 1.165) is 17.2 Å². The van der Waals surface area contributed by atoms with Crippen molar-refractivity contribution in [3.8, 4) is 0 Å². The van der Waals surface area contributed by atoms with Crippen molar-refractivity contribution in [2.75, 3.05) is 5.32 Å². The van der Waals surface area contributed by atoms with Crippen LogP contribution in [-0.2, 0) is 0 Å². The minimum absolute atomic E-state index is 0.0614. The lowest BCUT2D eigenvalue weighted by Gasteiger charge is -2.04. The molecule has 0 aliphatic carbocycles. The van der Waals surface area contributed by atoms with Crippen molar-refractivity contribution in [2.45, 2.75) is 6.92 Å². The van der Waals surface area contributed by atoms with Gasteiger partial charge in [-0.2, -0.15) is 14.3 Å². The molecule has 1 N–H and O–H groups in total. The smallest absolute Gasteiger partial charge is 0.325 e. The quantitative estimate of drug-likeness (QED) is 0.405. The largest absolute Gasteiger partial charge is 0.348 e. The van der Waals surface area contributed by atoms with Gasteiger partial charge in [-0.25, -0.2) is 0 Å². The Kier molecular flexibility index (Phi) is 3.60. The van der Waals surface area contributed by atoms with Crippen LogP contribution in [0.25, 0.3) is 0 Å². The Morgan fingerprint density at radius 2 is 2.17 bits per heavy atom. The van der Waals surface area contributed by atoms with Crippen molar-refractivity contribution in [3.63, 3.8) is 0 Å². The van der Waals surface area contributed by atoms with E-state index in [-0.39, 0.29) is 16.3 Å². The first-order chi connectivity index (χ1) is 8.47. The molecule has 0 unspecified atom stereocenters. The van der Waals surface area contributed by atoms with Gasteiger partial charge in [-0.15, -0.1) is 0 Å². The molecule has 2 aromatic rings. The fraction of sp³-hybridized carbons (Fsp3) is 0.125. The van der Waals surface area contributed by atoms with Gasteiger partial charge in [0.15, 0.2) is 0 Å². The van der Waals surface area contributed by atoms with E-state index in [0.29, 0.717) is 5.00 Å². The number of nitrogens with one attached hydrogen (secondary N) is 1. The lowest BCUT2D eigenvalue weighted by atomic mass is 10.4. The third-order valence-corrected chi connectivity index (χ3v) is 3.09. The number of aromatic nitrogens is 3. The minimum Gasteiger partial charge on any atom is -0.325 e. The third-order valence-electron chi connectivity index (χ3n) is 1.87. The molecule has 18 heavy (non-hydrogen) atoms. The van der Waals surface area contributed by atoms with E-state index in [1.165, 1.54) is 0 Å². The molecule has 0 amide bonds. The van der Waals surface area contributed by atoms with Gasteiger partial charge >= 0.3 is 5.69 Å². The van der Waals surface area contributed by atoms with Crippen molar-refractivity contribution < 1.29 is 4.92 Å². The number of hydrogen-bond donors (Lipinski definition) is 1. The minimum atomic E-state index is -0.672. The van der Waals surface area contributed by atoms with Gasteiger partial charge in [-0.05, 0) is 36.1 Å². The molecule has 0 spiro atoms. The van der Waals surface area contributed by atoms with Crippen LogP contribution in [0.3, 0.4) is 0 Å². The highest BCUT2D eigenvalue weighted by molar-refractivity contribution is 7.10. The number of rotatable bonds is 3. The summed E-state index contributed by atoms with van der Waals surface area (Å²) >= 11 is 12.4. The fourth-order valence-electron chi connectivity index (χ4n) is 1.19. The van der Waals surface area contributed by atoms with E-state index in [1.54, 1.807) is 13.0 Å². The molecule has 10 heteroatoms. The number of hydrogen-bond acceptors (Lipinski definition) is 7. The Labute approximate surface area is 115 Å². The van der Waals surface area contributed by atoms with Crippen LogP contribution in [0.5, 0.6) is 0 Å². The van der Waals surface area contributed by atoms with Crippen molar-refractivity contribution in [2.24, 2.45) is 0 Å². The lowest BCUT2D eigenvalue weighted by Crippen LogP contribution is -2.01.